The van der Waals surface area contributed by atoms with Crippen LogP contribution >= 0.6 is 11.8 Å². The summed E-state index contributed by atoms with van der Waals surface area (Å²) in [4.78, 5) is 16.0. The molecule has 0 bridgehead atoms. The Kier molecular flexibility index (Phi) is 3.03. The van der Waals surface area contributed by atoms with Gasteiger partial charge in [-0.3, -0.25) is 0 Å². The first kappa shape index (κ1) is 11.9. The molecule has 0 fully saturated rings. The van der Waals surface area contributed by atoms with E-state index in [1.807, 2.05) is 18.5 Å². The maximum Gasteiger partial charge on any atom is 0.225 e. The molecule has 0 amide bonds. The van der Waals surface area contributed by atoms with Gasteiger partial charge in [0, 0.05) is 13.6 Å². The molecule has 0 atom stereocenters. The average Bonchev–Trinajstić information content (AvgIpc) is 3.00. The fourth-order valence-corrected chi connectivity index (χ4v) is 2.41. The van der Waals surface area contributed by atoms with Gasteiger partial charge in [0.1, 0.15) is 16.9 Å². The number of aromatic nitrogens is 7. The third-order valence-electron chi connectivity index (χ3n) is 2.45. The zero-order chi connectivity index (χ0) is 13.2. The van der Waals surface area contributed by atoms with Crippen LogP contribution in [-0.2, 0) is 7.05 Å². The molecule has 0 saturated carbocycles. The molecule has 9 heteroatoms. The Morgan fingerprint density at radius 3 is 3.05 bits per heavy atom. The highest BCUT2D eigenvalue weighted by atomic mass is 32.2. The smallest absolute Gasteiger partial charge is 0.225 e. The SMILES string of the molecule is CCNc1nc(Sc2nncn2C)c2[nH]cnc2n1. The Bertz CT molecular complexity index is 702. The maximum atomic E-state index is 4.47. The molecule has 0 aliphatic heterocycles. The molecule has 3 rings (SSSR count). The van der Waals surface area contributed by atoms with Crippen LogP contribution in [0.5, 0.6) is 0 Å². The lowest BCUT2D eigenvalue weighted by molar-refractivity contribution is 0.787. The van der Waals surface area contributed by atoms with Crippen LogP contribution in [-0.4, -0.2) is 41.2 Å². The van der Waals surface area contributed by atoms with E-state index in [-0.39, 0.29) is 0 Å². The third-order valence-corrected chi connectivity index (χ3v) is 3.49. The van der Waals surface area contributed by atoms with Crippen LogP contribution in [0.2, 0.25) is 0 Å². The van der Waals surface area contributed by atoms with Crippen molar-refractivity contribution in [3.63, 3.8) is 0 Å². The van der Waals surface area contributed by atoms with E-state index in [9.17, 15) is 0 Å². The molecule has 0 aromatic carbocycles. The highest BCUT2D eigenvalue weighted by molar-refractivity contribution is 7.99. The Hall–Kier alpha value is -2.16. The molecule has 3 aromatic heterocycles. The van der Waals surface area contributed by atoms with E-state index in [1.165, 1.54) is 11.8 Å². The third kappa shape index (κ3) is 2.24. The Labute approximate surface area is 113 Å². The minimum atomic E-state index is 0.562. The number of aryl methyl sites for hydroxylation is 1. The van der Waals surface area contributed by atoms with Crippen molar-refractivity contribution >= 4 is 28.9 Å². The molecule has 2 N–H and O–H groups in total. The van der Waals surface area contributed by atoms with Crippen molar-refractivity contribution in [3.05, 3.63) is 12.7 Å². The lowest BCUT2D eigenvalue weighted by atomic mass is 10.5. The van der Waals surface area contributed by atoms with Gasteiger partial charge in [0.2, 0.25) is 5.95 Å². The largest absolute Gasteiger partial charge is 0.354 e. The molecular weight excluding hydrogens is 264 g/mol. The summed E-state index contributed by atoms with van der Waals surface area (Å²) in [5, 5.41) is 12.5. The van der Waals surface area contributed by atoms with Gasteiger partial charge in [-0.2, -0.15) is 4.98 Å². The lowest BCUT2D eigenvalue weighted by Crippen LogP contribution is -2.03. The van der Waals surface area contributed by atoms with Crippen molar-refractivity contribution in [2.45, 2.75) is 17.1 Å². The predicted octanol–water partition coefficient (Wildman–Crippen LogP) is 1.06. The summed E-state index contributed by atoms with van der Waals surface area (Å²) >= 11 is 1.42. The van der Waals surface area contributed by atoms with E-state index in [0.29, 0.717) is 11.6 Å². The maximum absolute atomic E-state index is 4.47. The number of nitrogens with zero attached hydrogens (tertiary/aromatic N) is 6. The van der Waals surface area contributed by atoms with Gasteiger partial charge in [-0.1, -0.05) is 0 Å². The van der Waals surface area contributed by atoms with Gasteiger partial charge < -0.3 is 14.9 Å². The average molecular weight is 276 g/mol. The molecular formula is C10H12N8S. The van der Waals surface area contributed by atoms with Crippen LogP contribution < -0.4 is 5.32 Å². The number of aromatic amines is 1. The summed E-state index contributed by atoms with van der Waals surface area (Å²) in [5.74, 6) is 0.562. The quantitative estimate of drug-likeness (QED) is 0.688. The molecule has 98 valence electrons. The van der Waals surface area contributed by atoms with Crippen molar-refractivity contribution in [1.82, 2.24) is 34.7 Å². The summed E-state index contributed by atoms with van der Waals surface area (Å²) in [6.07, 6.45) is 3.26. The molecule has 0 aliphatic carbocycles. The van der Waals surface area contributed by atoms with E-state index < -0.39 is 0 Å². The van der Waals surface area contributed by atoms with E-state index in [0.717, 1.165) is 22.2 Å². The second kappa shape index (κ2) is 4.84. The molecule has 0 radical (unpaired) electrons. The van der Waals surface area contributed by atoms with Crippen LogP contribution in [0.1, 0.15) is 6.92 Å². The van der Waals surface area contributed by atoms with Gasteiger partial charge in [-0.15, -0.1) is 10.2 Å². The van der Waals surface area contributed by atoms with Gasteiger partial charge in [0.05, 0.1) is 6.33 Å². The standard InChI is InChI=1S/C10H12N8S/c1-3-11-9-15-7-6(12-4-13-7)8(16-9)19-10-17-14-5-18(10)2/h4-5H,3H2,1-2H3,(H2,11,12,13,15,16). The molecule has 3 aromatic rings. The molecule has 8 nitrogen and oxygen atoms in total. The van der Waals surface area contributed by atoms with Gasteiger partial charge in [0.15, 0.2) is 10.8 Å². The first-order chi connectivity index (χ1) is 9.28. The van der Waals surface area contributed by atoms with Crippen LogP contribution in [0, 0.1) is 0 Å². The number of nitrogens with one attached hydrogen (secondary N) is 2. The van der Waals surface area contributed by atoms with Crippen molar-refractivity contribution in [1.29, 1.82) is 0 Å². The molecule has 19 heavy (non-hydrogen) atoms. The molecule has 0 saturated heterocycles. The summed E-state index contributed by atoms with van der Waals surface area (Å²) in [6, 6.07) is 0. The van der Waals surface area contributed by atoms with Gasteiger partial charge in [-0.05, 0) is 18.7 Å². The molecule has 0 spiro atoms. The number of hydrogen-bond acceptors (Lipinski definition) is 7. The topological polar surface area (TPSA) is 97.2 Å². The minimum absolute atomic E-state index is 0.562. The number of H-pyrrole nitrogens is 1. The Morgan fingerprint density at radius 2 is 2.32 bits per heavy atom. The zero-order valence-electron chi connectivity index (χ0n) is 10.5. The van der Waals surface area contributed by atoms with Gasteiger partial charge in [-0.25, -0.2) is 9.97 Å². The van der Waals surface area contributed by atoms with Gasteiger partial charge in [0.25, 0.3) is 0 Å². The van der Waals surface area contributed by atoms with Crippen LogP contribution in [0.15, 0.2) is 22.8 Å². The second-order valence-electron chi connectivity index (χ2n) is 3.81. The van der Waals surface area contributed by atoms with Crippen molar-refractivity contribution in [3.8, 4) is 0 Å². The first-order valence-corrected chi connectivity index (χ1v) is 6.56. The molecule has 0 unspecified atom stereocenters. The number of hydrogen-bond donors (Lipinski definition) is 2. The second-order valence-corrected chi connectivity index (χ2v) is 4.77. The van der Waals surface area contributed by atoms with E-state index in [4.69, 9.17) is 0 Å². The first-order valence-electron chi connectivity index (χ1n) is 5.74. The minimum Gasteiger partial charge on any atom is -0.354 e. The summed E-state index contributed by atoms with van der Waals surface area (Å²) < 4.78 is 1.84. The van der Waals surface area contributed by atoms with Crippen molar-refractivity contribution < 1.29 is 0 Å². The van der Waals surface area contributed by atoms with E-state index in [2.05, 4.69) is 35.5 Å². The summed E-state index contributed by atoms with van der Waals surface area (Å²) in [5.41, 5.74) is 1.44. The van der Waals surface area contributed by atoms with Gasteiger partial charge >= 0.3 is 0 Å². The Morgan fingerprint density at radius 1 is 1.42 bits per heavy atom. The lowest BCUT2D eigenvalue weighted by Gasteiger charge is -2.05. The van der Waals surface area contributed by atoms with Crippen molar-refractivity contribution in [2.75, 3.05) is 11.9 Å². The molecule has 3 heterocycles. The fourth-order valence-electron chi connectivity index (χ4n) is 1.57. The van der Waals surface area contributed by atoms with Crippen LogP contribution in [0.3, 0.4) is 0 Å². The predicted molar refractivity (Wildman–Crippen MR) is 71.0 cm³/mol. The fraction of sp³-hybridized carbons (Fsp3) is 0.300. The Balaban J connectivity index is 2.05. The van der Waals surface area contributed by atoms with Crippen molar-refractivity contribution in [2.24, 2.45) is 7.05 Å². The number of fused-ring (bicyclic) bond motifs is 1. The monoisotopic (exact) mass is 276 g/mol. The zero-order valence-corrected chi connectivity index (χ0v) is 11.3. The number of imidazole rings is 1. The van der Waals surface area contributed by atoms with Crippen LogP contribution in [0.25, 0.3) is 11.2 Å². The van der Waals surface area contributed by atoms with E-state index >= 15 is 0 Å². The highest BCUT2D eigenvalue weighted by Crippen LogP contribution is 2.29. The van der Waals surface area contributed by atoms with E-state index in [1.54, 1.807) is 12.7 Å². The normalized spacial score (nSPS) is 11.1. The molecule has 0 aliphatic rings. The highest BCUT2D eigenvalue weighted by Gasteiger charge is 2.13. The summed E-state index contributed by atoms with van der Waals surface area (Å²) in [6.45, 7) is 2.75. The number of rotatable bonds is 4. The number of anilines is 1. The van der Waals surface area contributed by atoms with Crippen LogP contribution in [0.4, 0.5) is 5.95 Å². The summed E-state index contributed by atoms with van der Waals surface area (Å²) in [7, 11) is 1.89.